The van der Waals surface area contributed by atoms with Crippen LogP contribution < -0.4 is 10.2 Å². The summed E-state index contributed by atoms with van der Waals surface area (Å²) in [5.74, 6) is 0.644. The highest BCUT2D eigenvalue weighted by Gasteiger charge is 2.42. The van der Waals surface area contributed by atoms with Crippen LogP contribution in [0.3, 0.4) is 0 Å². The second-order valence-corrected chi connectivity index (χ2v) is 9.12. The molecule has 2 heterocycles. The monoisotopic (exact) mass is 467 g/mol. The molecule has 35 heavy (non-hydrogen) atoms. The summed E-state index contributed by atoms with van der Waals surface area (Å²) < 4.78 is 11.9. The molecule has 1 aromatic heterocycles. The Morgan fingerprint density at radius 1 is 0.943 bits per heavy atom. The van der Waals surface area contributed by atoms with Crippen LogP contribution in [0.15, 0.2) is 82.0 Å². The van der Waals surface area contributed by atoms with Gasteiger partial charge in [0.25, 0.3) is 5.91 Å². The summed E-state index contributed by atoms with van der Waals surface area (Å²) in [6, 6.07) is 22.5. The molecule has 178 valence electrons. The molecule has 5 nitrogen and oxygen atoms in total. The van der Waals surface area contributed by atoms with Crippen molar-refractivity contribution in [2.75, 3.05) is 6.61 Å². The third-order valence-electron chi connectivity index (χ3n) is 6.53. The lowest BCUT2D eigenvalue weighted by atomic mass is 9.98. The van der Waals surface area contributed by atoms with E-state index in [1.54, 1.807) is 11.0 Å². The van der Waals surface area contributed by atoms with Crippen molar-refractivity contribution < 1.29 is 13.9 Å². The molecular formula is C30H29NO4. The zero-order valence-electron chi connectivity index (χ0n) is 20.1. The molecule has 4 aromatic rings. The Labute approximate surface area is 205 Å². The number of amides is 1. The van der Waals surface area contributed by atoms with Gasteiger partial charge in [0.05, 0.1) is 23.6 Å². The highest BCUT2D eigenvalue weighted by Crippen LogP contribution is 2.39. The number of benzene rings is 3. The number of unbranched alkanes of at least 4 members (excludes halogenated alkanes) is 2. The van der Waals surface area contributed by atoms with E-state index in [0.29, 0.717) is 29.7 Å². The molecule has 0 saturated carbocycles. The zero-order valence-corrected chi connectivity index (χ0v) is 20.1. The van der Waals surface area contributed by atoms with Gasteiger partial charge >= 0.3 is 0 Å². The van der Waals surface area contributed by atoms with E-state index >= 15 is 0 Å². The molecule has 0 radical (unpaired) electrons. The third kappa shape index (κ3) is 4.46. The number of ether oxygens (including phenoxy) is 1. The minimum atomic E-state index is -0.534. The molecule has 1 aliphatic rings. The fourth-order valence-electron chi connectivity index (χ4n) is 4.71. The Balaban J connectivity index is 1.57. The van der Waals surface area contributed by atoms with Gasteiger partial charge in [-0.25, -0.2) is 0 Å². The highest BCUT2D eigenvalue weighted by molar-refractivity contribution is 5.99. The lowest BCUT2D eigenvalue weighted by molar-refractivity contribution is 0.0714. The number of hydrogen-bond donors (Lipinski definition) is 0. The molecule has 0 fully saturated rings. The van der Waals surface area contributed by atoms with E-state index in [4.69, 9.17) is 9.15 Å². The maximum Gasteiger partial charge on any atom is 0.291 e. The van der Waals surface area contributed by atoms with Gasteiger partial charge in [-0.2, -0.15) is 0 Å². The second-order valence-electron chi connectivity index (χ2n) is 9.12. The van der Waals surface area contributed by atoms with E-state index in [9.17, 15) is 9.59 Å². The number of carbonyl (C=O) groups is 1. The van der Waals surface area contributed by atoms with Gasteiger partial charge in [-0.1, -0.05) is 73.9 Å². The van der Waals surface area contributed by atoms with Crippen LogP contribution in [0, 0.1) is 6.92 Å². The van der Waals surface area contributed by atoms with E-state index in [1.807, 2.05) is 73.7 Å². The summed E-state index contributed by atoms with van der Waals surface area (Å²) in [7, 11) is 0. The summed E-state index contributed by atoms with van der Waals surface area (Å²) in [5.41, 5.74) is 3.50. The van der Waals surface area contributed by atoms with E-state index in [-0.39, 0.29) is 17.1 Å². The average Bonchev–Trinajstić information content (AvgIpc) is 3.15. The lowest BCUT2D eigenvalue weighted by Gasteiger charge is -2.25. The van der Waals surface area contributed by atoms with Crippen molar-refractivity contribution >= 4 is 16.9 Å². The summed E-state index contributed by atoms with van der Waals surface area (Å²) >= 11 is 0. The van der Waals surface area contributed by atoms with Gasteiger partial charge in [-0.3, -0.25) is 9.59 Å². The van der Waals surface area contributed by atoms with Crippen molar-refractivity contribution in [3.05, 3.63) is 111 Å². The minimum absolute atomic E-state index is 0.132. The van der Waals surface area contributed by atoms with E-state index in [0.717, 1.165) is 41.7 Å². The smallest absolute Gasteiger partial charge is 0.291 e. The van der Waals surface area contributed by atoms with Crippen molar-refractivity contribution in [2.45, 2.75) is 45.7 Å². The maximum atomic E-state index is 13.7. The third-order valence-corrected chi connectivity index (χ3v) is 6.53. The minimum Gasteiger partial charge on any atom is -0.494 e. The van der Waals surface area contributed by atoms with Crippen molar-refractivity contribution in [1.82, 2.24) is 4.90 Å². The fourth-order valence-corrected chi connectivity index (χ4v) is 4.71. The summed E-state index contributed by atoms with van der Waals surface area (Å²) in [4.78, 5) is 29.0. The topological polar surface area (TPSA) is 59.8 Å². The number of rotatable bonds is 8. The number of nitrogens with zero attached hydrogens (tertiary/aromatic N) is 1. The predicted octanol–water partition coefficient (Wildman–Crippen LogP) is 6.42. The number of carbonyl (C=O) groups excluding carboxylic acids is 1. The lowest BCUT2D eigenvalue weighted by Crippen LogP contribution is -2.29. The van der Waals surface area contributed by atoms with Crippen LogP contribution in [0.1, 0.15) is 65.0 Å². The molecule has 0 N–H and O–H groups in total. The zero-order chi connectivity index (χ0) is 24.4. The summed E-state index contributed by atoms with van der Waals surface area (Å²) in [6.07, 6.45) is 3.29. The van der Waals surface area contributed by atoms with Gasteiger partial charge in [0, 0.05) is 6.54 Å². The molecule has 0 aliphatic carbocycles. The molecule has 5 rings (SSSR count). The van der Waals surface area contributed by atoms with Gasteiger partial charge in [0.15, 0.2) is 5.43 Å². The van der Waals surface area contributed by atoms with Crippen LogP contribution in [0.25, 0.3) is 11.0 Å². The van der Waals surface area contributed by atoms with E-state index in [2.05, 4.69) is 6.92 Å². The van der Waals surface area contributed by atoms with Crippen molar-refractivity contribution in [1.29, 1.82) is 0 Å². The molecule has 1 aliphatic heterocycles. The fraction of sp³-hybridized carbons (Fsp3) is 0.267. The van der Waals surface area contributed by atoms with Gasteiger partial charge < -0.3 is 14.1 Å². The summed E-state index contributed by atoms with van der Waals surface area (Å²) in [6.45, 7) is 5.15. The number of hydrogen-bond acceptors (Lipinski definition) is 4. The Kier molecular flexibility index (Phi) is 6.41. The normalized spacial score (nSPS) is 15.0. The first kappa shape index (κ1) is 22.9. The van der Waals surface area contributed by atoms with Crippen LogP contribution >= 0.6 is 0 Å². The molecule has 3 aromatic carbocycles. The molecule has 5 heteroatoms. The standard InChI is InChI=1S/C30H29NO4/c1-3-4-8-17-34-23-14-12-22(13-15-23)27-26-28(32)24-18-20(2)11-16-25(24)35-29(26)30(33)31(27)19-21-9-6-5-7-10-21/h5-7,9-16,18,27H,3-4,8,17,19H2,1-2H3. The van der Waals surface area contributed by atoms with Crippen LogP contribution in [-0.4, -0.2) is 17.4 Å². The first-order chi connectivity index (χ1) is 17.1. The van der Waals surface area contributed by atoms with Crippen LogP contribution in [0.4, 0.5) is 0 Å². The molecule has 0 bridgehead atoms. The quantitative estimate of drug-likeness (QED) is 0.281. The van der Waals surface area contributed by atoms with Crippen molar-refractivity contribution in [3.8, 4) is 5.75 Å². The first-order valence-electron chi connectivity index (χ1n) is 12.2. The molecule has 1 atom stereocenters. The van der Waals surface area contributed by atoms with Gasteiger partial charge in [0.2, 0.25) is 5.76 Å². The van der Waals surface area contributed by atoms with E-state index in [1.165, 1.54) is 0 Å². The van der Waals surface area contributed by atoms with Crippen LogP contribution in [0.2, 0.25) is 0 Å². The first-order valence-corrected chi connectivity index (χ1v) is 12.2. The summed E-state index contributed by atoms with van der Waals surface area (Å²) in [5, 5.41) is 0.499. The van der Waals surface area contributed by atoms with Gasteiger partial charge in [-0.05, 0) is 48.7 Å². The predicted molar refractivity (Wildman–Crippen MR) is 137 cm³/mol. The van der Waals surface area contributed by atoms with Crippen molar-refractivity contribution in [2.24, 2.45) is 0 Å². The van der Waals surface area contributed by atoms with Crippen LogP contribution in [0.5, 0.6) is 5.75 Å². The van der Waals surface area contributed by atoms with Crippen molar-refractivity contribution in [3.63, 3.8) is 0 Å². The molecule has 1 unspecified atom stereocenters. The molecule has 0 saturated heterocycles. The highest BCUT2D eigenvalue weighted by atomic mass is 16.5. The number of fused-ring (bicyclic) bond motifs is 2. The Morgan fingerprint density at radius 3 is 2.46 bits per heavy atom. The molecule has 0 spiro atoms. The van der Waals surface area contributed by atoms with Gasteiger partial charge in [0.1, 0.15) is 11.3 Å². The number of aryl methyl sites for hydroxylation is 1. The van der Waals surface area contributed by atoms with Gasteiger partial charge in [-0.15, -0.1) is 0 Å². The van der Waals surface area contributed by atoms with E-state index < -0.39 is 6.04 Å². The Morgan fingerprint density at radius 2 is 1.71 bits per heavy atom. The Hall–Kier alpha value is -3.86. The Bertz CT molecular complexity index is 1410. The van der Waals surface area contributed by atoms with Crippen LogP contribution in [-0.2, 0) is 6.54 Å². The average molecular weight is 468 g/mol. The SMILES string of the molecule is CCCCCOc1ccc(C2c3c(oc4ccc(C)cc4c3=O)C(=O)N2Cc2ccccc2)cc1. The molecular weight excluding hydrogens is 438 g/mol. The largest absolute Gasteiger partial charge is 0.494 e. The maximum absolute atomic E-state index is 13.7. The molecule has 1 amide bonds. The second kappa shape index (κ2) is 9.79.